The average molecular weight is 669 g/mol. The van der Waals surface area contributed by atoms with Gasteiger partial charge < -0.3 is 29.7 Å². The van der Waals surface area contributed by atoms with E-state index in [0.717, 1.165) is 19.3 Å². The van der Waals surface area contributed by atoms with Gasteiger partial charge in [0.15, 0.2) is 0 Å². The molecule has 2 N–H and O–H groups in total. The summed E-state index contributed by atoms with van der Waals surface area (Å²) in [6.45, 7) is 15.8. The molecule has 3 heterocycles. The highest BCUT2D eigenvalue weighted by atomic mass is 79.9. The van der Waals surface area contributed by atoms with Crippen molar-refractivity contribution in [1.82, 2.24) is 15.1 Å². The standard InChI is InChI=1S/C32H50BrN3O7/c1-7-11-13-16-35(15-9-3)30(40)28-32-17-22(33)27(43-32)25(26(32)29(39)36(28)23(19-37)20(5)10-4)31(41)42-21(6)18-34-24(38)14-12-8-2/h8-9,20-23,25-28,37H,2-3,7,10-19H2,1,4-6H3,(H,34,38)/t20-,21-,22?,23-,25-,26+,27-,28-,32+/m0/s1. The van der Waals surface area contributed by atoms with Crippen LogP contribution in [0.1, 0.15) is 72.6 Å². The summed E-state index contributed by atoms with van der Waals surface area (Å²) < 4.78 is 12.4. The van der Waals surface area contributed by atoms with Gasteiger partial charge in [-0.3, -0.25) is 19.2 Å². The monoisotopic (exact) mass is 667 g/mol. The number of hydrogen-bond donors (Lipinski definition) is 2. The van der Waals surface area contributed by atoms with Crippen molar-refractivity contribution in [2.45, 2.75) is 107 Å². The third-order valence-electron chi connectivity index (χ3n) is 9.25. The van der Waals surface area contributed by atoms with Gasteiger partial charge in [0.05, 0.1) is 37.1 Å². The van der Waals surface area contributed by atoms with E-state index in [-0.39, 0.29) is 41.6 Å². The average Bonchev–Trinajstić information content (AvgIpc) is 3.58. The van der Waals surface area contributed by atoms with Crippen LogP contribution in [0.4, 0.5) is 0 Å². The molecule has 2 bridgehead atoms. The van der Waals surface area contributed by atoms with Gasteiger partial charge in [0.2, 0.25) is 17.7 Å². The molecule has 3 amide bonds. The number of amides is 3. The van der Waals surface area contributed by atoms with Crippen molar-refractivity contribution in [3.63, 3.8) is 0 Å². The molecule has 1 unspecified atom stereocenters. The lowest BCUT2D eigenvalue weighted by Crippen LogP contribution is -2.60. The number of hydrogen-bond acceptors (Lipinski definition) is 7. The summed E-state index contributed by atoms with van der Waals surface area (Å²) in [6, 6.07) is -1.62. The van der Waals surface area contributed by atoms with Crippen LogP contribution < -0.4 is 5.32 Å². The molecule has 1 spiro atoms. The molecule has 242 valence electrons. The number of allylic oxidation sites excluding steroid dienone is 1. The summed E-state index contributed by atoms with van der Waals surface area (Å²) in [7, 11) is 0. The first-order valence-electron chi connectivity index (χ1n) is 15.7. The predicted molar refractivity (Wildman–Crippen MR) is 167 cm³/mol. The normalized spacial score (nSPS) is 29.5. The van der Waals surface area contributed by atoms with Gasteiger partial charge in [-0.25, -0.2) is 0 Å². The lowest BCUT2D eigenvalue weighted by molar-refractivity contribution is -0.160. The number of likely N-dealkylation sites (tertiary alicyclic amines) is 1. The Morgan fingerprint density at radius 3 is 2.58 bits per heavy atom. The molecule has 3 aliphatic heterocycles. The summed E-state index contributed by atoms with van der Waals surface area (Å²) in [4.78, 5) is 57.7. The maximum Gasteiger partial charge on any atom is 0.312 e. The van der Waals surface area contributed by atoms with Gasteiger partial charge in [-0.15, -0.1) is 13.2 Å². The third kappa shape index (κ3) is 7.20. The number of nitrogens with one attached hydrogen (secondary N) is 1. The predicted octanol–water partition coefficient (Wildman–Crippen LogP) is 3.36. The fourth-order valence-corrected chi connectivity index (χ4v) is 7.80. The van der Waals surface area contributed by atoms with Crippen LogP contribution >= 0.6 is 15.9 Å². The fraction of sp³-hybridized carbons (Fsp3) is 0.750. The molecule has 0 aromatic rings. The number of unbranched alkanes of at least 4 members (excludes halogenated alkanes) is 2. The van der Waals surface area contributed by atoms with Crippen molar-refractivity contribution in [2.75, 3.05) is 26.2 Å². The van der Waals surface area contributed by atoms with Crippen LogP contribution in [-0.4, -0.2) is 99.6 Å². The molecular formula is C32H50BrN3O7. The Labute approximate surface area is 264 Å². The molecule has 0 aromatic carbocycles. The van der Waals surface area contributed by atoms with Gasteiger partial charge >= 0.3 is 5.97 Å². The zero-order valence-electron chi connectivity index (χ0n) is 26.1. The number of carbonyl (C=O) groups excluding carboxylic acids is 4. The van der Waals surface area contributed by atoms with E-state index in [1.165, 1.54) is 4.90 Å². The van der Waals surface area contributed by atoms with E-state index < -0.39 is 47.7 Å². The quantitative estimate of drug-likeness (QED) is 0.0994. The highest BCUT2D eigenvalue weighted by Gasteiger charge is 2.77. The van der Waals surface area contributed by atoms with Gasteiger partial charge in [-0.05, 0) is 32.1 Å². The minimum Gasteiger partial charge on any atom is -0.460 e. The lowest BCUT2D eigenvalue weighted by Gasteiger charge is -2.41. The molecule has 10 nitrogen and oxygen atoms in total. The van der Waals surface area contributed by atoms with Gasteiger partial charge in [-0.1, -0.05) is 68.1 Å². The van der Waals surface area contributed by atoms with Crippen LogP contribution in [0.25, 0.3) is 0 Å². The second-order valence-corrected chi connectivity index (χ2v) is 13.4. The molecule has 3 rings (SSSR count). The minimum absolute atomic E-state index is 0.0977. The van der Waals surface area contributed by atoms with Crippen molar-refractivity contribution in [1.29, 1.82) is 0 Å². The molecule has 0 aliphatic carbocycles. The molecule has 11 heteroatoms. The summed E-state index contributed by atoms with van der Waals surface area (Å²) in [5, 5.41) is 13.3. The minimum atomic E-state index is -1.25. The zero-order chi connectivity index (χ0) is 31.9. The zero-order valence-corrected chi connectivity index (χ0v) is 27.7. The smallest absolute Gasteiger partial charge is 0.312 e. The molecule has 0 saturated carbocycles. The largest absolute Gasteiger partial charge is 0.460 e. The van der Waals surface area contributed by atoms with E-state index in [1.807, 2.05) is 13.8 Å². The van der Waals surface area contributed by atoms with Gasteiger partial charge in [-0.2, -0.15) is 0 Å². The number of nitrogens with zero attached hydrogens (tertiary/aromatic N) is 2. The number of fused-ring (bicyclic) bond motifs is 1. The van der Waals surface area contributed by atoms with E-state index in [9.17, 15) is 24.3 Å². The van der Waals surface area contributed by atoms with Crippen molar-refractivity contribution in [3.05, 3.63) is 25.3 Å². The second kappa shape index (κ2) is 15.7. The SMILES string of the molecule is C=CCCC(=O)NC[C@H](C)OC(=O)[C@@H]1[C@H]2O[C@@]3(CC2Br)[C@H](C(=O)N(CC=C)CCCCC)N([C@@H](CO)[C@@H](C)CC)C(=O)[C@@H]13. The topological polar surface area (TPSA) is 125 Å². The van der Waals surface area contributed by atoms with E-state index >= 15 is 0 Å². The number of esters is 1. The van der Waals surface area contributed by atoms with E-state index in [4.69, 9.17) is 9.47 Å². The molecule has 3 saturated heterocycles. The van der Waals surface area contributed by atoms with Crippen LogP contribution in [0.2, 0.25) is 0 Å². The molecule has 0 radical (unpaired) electrons. The first-order valence-corrected chi connectivity index (χ1v) is 16.7. The number of carbonyl (C=O) groups is 4. The first-order chi connectivity index (χ1) is 20.5. The molecular weight excluding hydrogens is 618 g/mol. The van der Waals surface area contributed by atoms with Crippen molar-refractivity contribution < 1.29 is 33.8 Å². The summed E-state index contributed by atoms with van der Waals surface area (Å²) >= 11 is 3.69. The van der Waals surface area contributed by atoms with Gasteiger partial charge in [0.1, 0.15) is 17.7 Å². The highest BCUT2D eigenvalue weighted by molar-refractivity contribution is 9.09. The summed E-state index contributed by atoms with van der Waals surface area (Å²) in [5.74, 6) is -3.34. The number of halogens is 1. The number of alkyl halides is 1. The number of ether oxygens (including phenoxy) is 2. The van der Waals surface area contributed by atoms with Gasteiger partial charge in [0, 0.05) is 24.3 Å². The highest BCUT2D eigenvalue weighted by Crippen LogP contribution is 2.61. The van der Waals surface area contributed by atoms with Crippen molar-refractivity contribution >= 4 is 39.6 Å². The molecule has 43 heavy (non-hydrogen) atoms. The number of rotatable bonds is 18. The van der Waals surface area contributed by atoms with Crippen LogP contribution in [0.5, 0.6) is 0 Å². The molecule has 3 fully saturated rings. The van der Waals surface area contributed by atoms with E-state index in [0.29, 0.717) is 38.8 Å². The maximum absolute atomic E-state index is 14.5. The van der Waals surface area contributed by atoms with Gasteiger partial charge in [0.25, 0.3) is 0 Å². The van der Waals surface area contributed by atoms with Crippen LogP contribution in [-0.2, 0) is 28.7 Å². The Morgan fingerprint density at radius 2 is 1.98 bits per heavy atom. The van der Waals surface area contributed by atoms with E-state index in [1.54, 1.807) is 24.0 Å². The maximum atomic E-state index is 14.5. The van der Waals surface area contributed by atoms with Crippen LogP contribution in [0.3, 0.4) is 0 Å². The summed E-state index contributed by atoms with van der Waals surface area (Å²) in [6.07, 6.45) is 6.70. The third-order valence-corrected chi connectivity index (χ3v) is 10.1. The fourth-order valence-electron chi connectivity index (χ4n) is 6.86. The summed E-state index contributed by atoms with van der Waals surface area (Å²) in [5.41, 5.74) is -1.25. The molecule has 3 aliphatic rings. The Morgan fingerprint density at radius 1 is 1.26 bits per heavy atom. The van der Waals surface area contributed by atoms with E-state index in [2.05, 4.69) is 41.3 Å². The second-order valence-electron chi connectivity index (χ2n) is 12.2. The Hall–Kier alpha value is -2.24. The Bertz CT molecular complexity index is 1040. The number of aliphatic hydroxyl groups is 1. The Kier molecular flexibility index (Phi) is 12.8. The first kappa shape index (κ1) is 35.2. The van der Waals surface area contributed by atoms with Crippen molar-refractivity contribution in [3.8, 4) is 0 Å². The van der Waals surface area contributed by atoms with Crippen molar-refractivity contribution in [2.24, 2.45) is 17.8 Å². The molecule has 9 atom stereocenters. The van der Waals surface area contributed by atoms with Crippen LogP contribution in [0.15, 0.2) is 25.3 Å². The Balaban J connectivity index is 1.96. The van der Waals surface area contributed by atoms with Crippen LogP contribution in [0, 0.1) is 17.8 Å². The number of aliphatic hydroxyl groups excluding tert-OH is 1. The lowest BCUT2D eigenvalue weighted by atomic mass is 9.70. The molecule has 0 aromatic heterocycles.